The molecule has 4 aromatic rings. The smallest absolute Gasteiger partial charge is 0.149 e. The van der Waals surface area contributed by atoms with Crippen molar-refractivity contribution in [3.63, 3.8) is 0 Å². The average Bonchev–Trinajstić information content (AvgIpc) is 3.16. The molecule has 2 heterocycles. The number of fused-ring (bicyclic) bond motifs is 2. The molecule has 0 aliphatic rings. The largest absolute Gasteiger partial charge is 0.361 e. The van der Waals surface area contributed by atoms with E-state index in [2.05, 4.69) is 21.0 Å². The fourth-order valence-electron chi connectivity index (χ4n) is 2.77. The van der Waals surface area contributed by atoms with Gasteiger partial charge in [0.15, 0.2) is 0 Å². The molecule has 2 aromatic carbocycles. The van der Waals surface area contributed by atoms with E-state index in [0.717, 1.165) is 33.1 Å². The molecule has 4 rings (SSSR count). The number of hydrogen-bond donors (Lipinski definition) is 2. The molecule has 23 heavy (non-hydrogen) atoms. The second-order valence-corrected chi connectivity index (χ2v) is 5.57. The number of aromatic amines is 2. The van der Waals surface area contributed by atoms with Crippen LogP contribution in [0.25, 0.3) is 33.6 Å². The first-order chi connectivity index (χ1) is 11.2. The summed E-state index contributed by atoms with van der Waals surface area (Å²) in [4.78, 5) is 11.0. The van der Waals surface area contributed by atoms with Gasteiger partial charge in [0.1, 0.15) is 11.9 Å². The van der Waals surface area contributed by atoms with Crippen molar-refractivity contribution in [2.24, 2.45) is 0 Å². The van der Waals surface area contributed by atoms with E-state index in [9.17, 15) is 5.26 Å². The molecule has 0 radical (unpaired) electrons. The Morgan fingerprint density at radius 2 is 2.04 bits per heavy atom. The summed E-state index contributed by atoms with van der Waals surface area (Å²) in [5.41, 5.74) is 5.52. The van der Waals surface area contributed by atoms with Gasteiger partial charge in [0.2, 0.25) is 0 Å². The van der Waals surface area contributed by atoms with Gasteiger partial charge in [-0.05, 0) is 36.8 Å². The summed E-state index contributed by atoms with van der Waals surface area (Å²) in [5.74, 6) is 0.596. The number of hydrogen-bond acceptors (Lipinski definition) is 2. The molecule has 0 aliphatic carbocycles. The van der Waals surface area contributed by atoms with Crippen LogP contribution in [0.15, 0.2) is 48.7 Å². The molecule has 0 bridgehead atoms. The molecule has 0 aliphatic heterocycles. The number of allylic oxidation sites excluding steroid dienone is 1. The van der Waals surface area contributed by atoms with Crippen LogP contribution < -0.4 is 0 Å². The number of aromatic nitrogens is 3. The van der Waals surface area contributed by atoms with Crippen molar-refractivity contribution in [3.8, 4) is 6.07 Å². The number of rotatable bonds is 2. The topological polar surface area (TPSA) is 68.3 Å². The average molecular weight is 298 g/mol. The van der Waals surface area contributed by atoms with Crippen molar-refractivity contribution in [1.82, 2.24) is 15.0 Å². The molecule has 0 spiro atoms. The van der Waals surface area contributed by atoms with Crippen LogP contribution in [0.2, 0.25) is 0 Å². The third kappa shape index (κ3) is 2.29. The zero-order valence-corrected chi connectivity index (χ0v) is 12.6. The van der Waals surface area contributed by atoms with E-state index >= 15 is 0 Å². The summed E-state index contributed by atoms with van der Waals surface area (Å²) in [5, 5.41) is 10.6. The summed E-state index contributed by atoms with van der Waals surface area (Å²) >= 11 is 0. The van der Waals surface area contributed by atoms with Gasteiger partial charge < -0.3 is 9.97 Å². The fourth-order valence-corrected chi connectivity index (χ4v) is 2.77. The van der Waals surface area contributed by atoms with Crippen LogP contribution in [0.3, 0.4) is 0 Å². The Balaban J connectivity index is 1.85. The molecule has 2 N–H and O–H groups in total. The maximum atomic E-state index is 9.54. The molecule has 110 valence electrons. The molecular formula is C19H14N4. The second kappa shape index (κ2) is 5.15. The van der Waals surface area contributed by atoms with Crippen molar-refractivity contribution in [3.05, 3.63) is 65.6 Å². The van der Waals surface area contributed by atoms with Gasteiger partial charge in [0.05, 0.1) is 16.6 Å². The first-order valence-electron chi connectivity index (χ1n) is 7.39. The SMILES string of the molecule is Cc1ccc2nc(/C(C#N)=C\c3c[nH]c4ccccc34)[nH]c2c1. The Labute approximate surface area is 133 Å². The van der Waals surface area contributed by atoms with E-state index < -0.39 is 0 Å². The monoisotopic (exact) mass is 298 g/mol. The lowest BCUT2D eigenvalue weighted by Gasteiger charge is -1.94. The Hall–Kier alpha value is -3.32. The minimum absolute atomic E-state index is 0.517. The highest BCUT2D eigenvalue weighted by Crippen LogP contribution is 2.24. The van der Waals surface area contributed by atoms with Gasteiger partial charge in [-0.3, -0.25) is 0 Å². The Kier molecular flexibility index (Phi) is 2.99. The van der Waals surface area contributed by atoms with Crippen LogP contribution in [-0.4, -0.2) is 15.0 Å². The standard InChI is InChI=1S/C19H14N4/c1-12-6-7-17-18(8-12)23-19(22-17)13(10-20)9-14-11-21-16-5-3-2-4-15(14)16/h2-9,11,21H,1H3,(H,22,23)/b13-9-. The summed E-state index contributed by atoms with van der Waals surface area (Å²) < 4.78 is 0. The van der Waals surface area contributed by atoms with E-state index in [1.807, 2.05) is 61.7 Å². The molecule has 0 saturated heterocycles. The summed E-state index contributed by atoms with van der Waals surface area (Å²) in [6, 6.07) is 16.3. The van der Waals surface area contributed by atoms with E-state index in [0.29, 0.717) is 11.4 Å². The molecule has 4 heteroatoms. The number of para-hydroxylation sites is 1. The van der Waals surface area contributed by atoms with Gasteiger partial charge >= 0.3 is 0 Å². The number of imidazole rings is 1. The summed E-state index contributed by atoms with van der Waals surface area (Å²) in [7, 11) is 0. The molecule has 0 atom stereocenters. The van der Waals surface area contributed by atoms with E-state index in [4.69, 9.17) is 0 Å². The molecule has 2 aromatic heterocycles. The highest BCUT2D eigenvalue weighted by atomic mass is 14.9. The minimum atomic E-state index is 0.517. The summed E-state index contributed by atoms with van der Waals surface area (Å²) in [6.45, 7) is 2.03. The van der Waals surface area contributed by atoms with E-state index in [1.54, 1.807) is 0 Å². The zero-order valence-electron chi connectivity index (χ0n) is 12.6. The third-order valence-corrected chi connectivity index (χ3v) is 3.93. The Morgan fingerprint density at radius 1 is 1.17 bits per heavy atom. The highest BCUT2D eigenvalue weighted by molar-refractivity contribution is 5.97. The maximum Gasteiger partial charge on any atom is 0.149 e. The number of nitriles is 1. The predicted octanol–water partition coefficient (Wildman–Crippen LogP) is 4.42. The lowest BCUT2D eigenvalue weighted by atomic mass is 10.1. The lowest BCUT2D eigenvalue weighted by molar-refractivity contribution is 1.27. The van der Waals surface area contributed by atoms with Crippen molar-refractivity contribution in [1.29, 1.82) is 5.26 Å². The number of H-pyrrole nitrogens is 2. The van der Waals surface area contributed by atoms with Crippen LogP contribution in [0.1, 0.15) is 17.0 Å². The fraction of sp³-hybridized carbons (Fsp3) is 0.0526. The van der Waals surface area contributed by atoms with Crippen molar-refractivity contribution >= 4 is 33.6 Å². The van der Waals surface area contributed by atoms with Crippen LogP contribution in [0, 0.1) is 18.3 Å². The number of nitrogens with zero attached hydrogens (tertiary/aromatic N) is 2. The normalized spacial score (nSPS) is 11.9. The van der Waals surface area contributed by atoms with Crippen LogP contribution in [0.5, 0.6) is 0 Å². The Bertz CT molecular complexity index is 1090. The molecule has 0 unspecified atom stereocenters. The van der Waals surface area contributed by atoms with Crippen molar-refractivity contribution in [2.45, 2.75) is 6.92 Å². The van der Waals surface area contributed by atoms with E-state index in [1.165, 1.54) is 0 Å². The molecule has 0 saturated carbocycles. The molecule has 4 nitrogen and oxygen atoms in total. The van der Waals surface area contributed by atoms with Gasteiger partial charge in [0, 0.05) is 22.7 Å². The van der Waals surface area contributed by atoms with Gasteiger partial charge in [-0.2, -0.15) is 5.26 Å². The number of nitrogens with one attached hydrogen (secondary N) is 2. The molecule has 0 fully saturated rings. The maximum absolute atomic E-state index is 9.54. The van der Waals surface area contributed by atoms with E-state index in [-0.39, 0.29) is 0 Å². The Morgan fingerprint density at radius 3 is 2.91 bits per heavy atom. The molecule has 0 amide bonds. The van der Waals surface area contributed by atoms with Crippen molar-refractivity contribution < 1.29 is 0 Å². The lowest BCUT2D eigenvalue weighted by Crippen LogP contribution is -1.84. The van der Waals surface area contributed by atoms with Crippen molar-refractivity contribution in [2.75, 3.05) is 0 Å². The van der Waals surface area contributed by atoms with Gasteiger partial charge in [-0.25, -0.2) is 4.98 Å². The number of benzene rings is 2. The minimum Gasteiger partial charge on any atom is -0.361 e. The van der Waals surface area contributed by atoms with Gasteiger partial charge in [-0.15, -0.1) is 0 Å². The zero-order chi connectivity index (χ0) is 15.8. The highest BCUT2D eigenvalue weighted by Gasteiger charge is 2.09. The predicted molar refractivity (Wildman–Crippen MR) is 92.6 cm³/mol. The van der Waals surface area contributed by atoms with Crippen LogP contribution in [-0.2, 0) is 0 Å². The van der Waals surface area contributed by atoms with Crippen LogP contribution in [0.4, 0.5) is 0 Å². The van der Waals surface area contributed by atoms with Gasteiger partial charge in [0.25, 0.3) is 0 Å². The first-order valence-corrected chi connectivity index (χ1v) is 7.39. The first kappa shape index (κ1) is 13.4. The number of aryl methyl sites for hydroxylation is 1. The molecular weight excluding hydrogens is 284 g/mol. The summed E-state index contributed by atoms with van der Waals surface area (Å²) in [6.07, 6.45) is 3.78. The van der Waals surface area contributed by atoms with Crippen LogP contribution >= 0.6 is 0 Å². The van der Waals surface area contributed by atoms with Gasteiger partial charge in [-0.1, -0.05) is 24.3 Å². The second-order valence-electron chi connectivity index (χ2n) is 5.57. The quantitative estimate of drug-likeness (QED) is 0.538. The third-order valence-electron chi connectivity index (χ3n) is 3.93.